The minimum atomic E-state index is -0.261. The molecule has 2 aromatic carbocycles. The molecule has 0 heterocycles. The molecule has 2 rings (SSSR count). The summed E-state index contributed by atoms with van der Waals surface area (Å²) in [5.41, 5.74) is 1.92. The van der Waals surface area contributed by atoms with Gasteiger partial charge < -0.3 is 9.84 Å². The Morgan fingerprint density at radius 3 is 2.62 bits per heavy atom. The molecular formula is C18H19FO2. The summed E-state index contributed by atoms with van der Waals surface area (Å²) in [6.07, 6.45) is 4.99. The number of hydrogen-bond donors (Lipinski definition) is 1. The van der Waals surface area contributed by atoms with Crippen LogP contribution in [0.3, 0.4) is 0 Å². The van der Waals surface area contributed by atoms with Crippen LogP contribution in [0.15, 0.2) is 60.7 Å². The molecule has 0 aliphatic carbocycles. The van der Waals surface area contributed by atoms with Gasteiger partial charge in [-0.2, -0.15) is 0 Å². The molecule has 21 heavy (non-hydrogen) atoms. The molecule has 2 nitrogen and oxygen atoms in total. The number of aryl methyl sites for hydroxylation is 1. The van der Waals surface area contributed by atoms with Crippen LogP contribution >= 0.6 is 0 Å². The van der Waals surface area contributed by atoms with Gasteiger partial charge in [0.15, 0.2) is 0 Å². The molecule has 3 heteroatoms. The van der Waals surface area contributed by atoms with E-state index in [1.54, 1.807) is 12.1 Å². The van der Waals surface area contributed by atoms with E-state index in [0.717, 1.165) is 17.5 Å². The third-order valence-electron chi connectivity index (χ3n) is 3.11. The van der Waals surface area contributed by atoms with Crippen LogP contribution in [-0.4, -0.2) is 11.7 Å². The van der Waals surface area contributed by atoms with Crippen molar-refractivity contribution in [2.75, 3.05) is 6.61 Å². The van der Waals surface area contributed by atoms with Crippen LogP contribution in [0.25, 0.3) is 0 Å². The molecule has 0 amide bonds. The third kappa shape index (κ3) is 5.04. The predicted octanol–water partition coefficient (Wildman–Crippen LogP) is 3.89. The van der Waals surface area contributed by atoms with Crippen molar-refractivity contribution < 1.29 is 14.2 Å². The molecule has 0 saturated carbocycles. The molecule has 0 saturated heterocycles. The highest BCUT2D eigenvalue weighted by Crippen LogP contribution is 2.22. The Labute approximate surface area is 124 Å². The van der Waals surface area contributed by atoms with Gasteiger partial charge in [0.05, 0.1) is 6.61 Å². The maximum absolute atomic E-state index is 13.4. The summed E-state index contributed by atoms with van der Waals surface area (Å²) < 4.78 is 19.2. The van der Waals surface area contributed by atoms with Crippen LogP contribution in [0.2, 0.25) is 0 Å². The molecule has 0 fully saturated rings. The number of hydrogen-bond acceptors (Lipinski definition) is 2. The number of aliphatic hydroxyl groups is 1. The Morgan fingerprint density at radius 1 is 1.05 bits per heavy atom. The largest absolute Gasteiger partial charge is 0.489 e. The van der Waals surface area contributed by atoms with Crippen LogP contribution in [0.1, 0.15) is 17.5 Å². The van der Waals surface area contributed by atoms with Gasteiger partial charge in [-0.1, -0.05) is 42.5 Å². The van der Waals surface area contributed by atoms with Crippen LogP contribution in [0.5, 0.6) is 5.75 Å². The zero-order chi connectivity index (χ0) is 14.9. The molecule has 110 valence electrons. The van der Waals surface area contributed by atoms with Crippen LogP contribution in [0, 0.1) is 5.82 Å². The van der Waals surface area contributed by atoms with Crippen molar-refractivity contribution in [1.82, 2.24) is 0 Å². The Bertz CT molecular complexity index is 579. The van der Waals surface area contributed by atoms with Crippen molar-refractivity contribution >= 4 is 0 Å². The molecule has 0 aliphatic heterocycles. The second-order valence-electron chi connectivity index (χ2n) is 4.72. The average molecular weight is 286 g/mol. The first-order valence-electron chi connectivity index (χ1n) is 7.00. The van der Waals surface area contributed by atoms with E-state index in [4.69, 9.17) is 9.84 Å². The van der Waals surface area contributed by atoms with Gasteiger partial charge in [0.25, 0.3) is 0 Å². The minimum Gasteiger partial charge on any atom is -0.489 e. The van der Waals surface area contributed by atoms with Crippen molar-refractivity contribution in [1.29, 1.82) is 0 Å². The number of rotatable bonds is 7. The highest BCUT2D eigenvalue weighted by molar-refractivity contribution is 5.34. The highest BCUT2D eigenvalue weighted by Gasteiger charge is 2.05. The van der Waals surface area contributed by atoms with E-state index >= 15 is 0 Å². The van der Waals surface area contributed by atoms with Gasteiger partial charge in [-0.3, -0.25) is 0 Å². The molecule has 1 N–H and O–H groups in total. The Hall–Kier alpha value is -2.13. The monoisotopic (exact) mass is 286 g/mol. The lowest BCUT2D eigenvalue weighted by molar-refractivity contribution is 0.302. The normalized spacial score (nSPS) is 11.0. The summed E-state index contributed by atoms with van der Waals surface area (Å²) in [5, 5.41) is 8.70. The van der Waals surface area contributed by atoms with E-state index < -0.39 is 0 Å². The summed E-state index contributed by atoms with van der Waals surface area (Å²) in [6, 6.07) is 14.5. The number of ether oxygens (including phenoxy) is 1. The van der Waals surface area contributed by atoms with Crippen LogP contribution < -0.4 is 4.74 Å². The SMILES string of the molecule is OC/C=C\CCc1cc(F)ccc1OCc1ccccc1. The molecular weight excluding hydrogens is 267 g/mol. The fourth-order valence-corrected chi connectivity index (χ4v) is 2.05. The molecule has 0 atom stereocenters. The number of aliphatic hydroxyl groups excluding tert-OH is 1. The lowest BCUT2D eigenvalue weighted by Crippen LogP contribution is -1.99. The zero-order valence-corrected chi connectivity index (χ0v) is 11.8. The van der Waals surface area contributed by atoms with Crippen molar-refractivity contribution in [3.8, 4) is 5.75 Å². The van der Waals surface area contributed by atoms with Crippen molar-refractivity contribution in [2.45, 2.75) is 19.4 Å². The smallest absolute Gasteiger partial charge is 0.123 e. The van der Waals surface area contributed by atoms with Gasteiger partial charge in [0.1, 0.15) is 18.2 Å². The van der Waals surface area contributed by atoms with E-state index in [2.05, 4.69) is 0 Å². The second kappa shape index (κ2) is 8.22. The van der Waals surface area contributed by atoms with Gasteiger partial charge in [0.2, 0.25) is 0 Å². The summed E-state index contributed by atoms with van der Waals surface area (Å²) in [6.45, 7) is 0.493. The van der Waals surface area contributed by atoms with Crippen molar-refractivity contribution in [2.24, 2.45) is 0 Å². The summed E-state index contributed by atoms with van der Waals surface area (Å²) in [5.74, 6) is 0.445. The lowest BCUT2D eigenvalue weighted by atomic mass is 10.1. The summed E-state index contributed by atoms with van der Waals surface area (Å²) in [7, 11) is 0. The van der Waals surface area contributed by atoms with Gasteiger partial charge in [-0.05, 0) is 42.2 Å². The maximum atomic E-state index is 13.4. The summed E-state index contributed by atoms with van der Waals surface area (Å²) >= 11 is 0. The first kappa shape index (κ1) is 15.3. The Kier molecular flexibility index (Phi) is 5.98. The van der Waals surface area contributed by atoms with Gasteiger partial charge in [0, 0.05) is 0 Å². The first-order valence-corrected chi connectivity index (χ1v) is 7.00. The van der Waals surface area contributed by atoms with E-state index in [0.29, 0.717) is 18.8 Å². The molecule has 0 spiro atoms. The molecule has 0 radical (unpaired) electrons. The molecule has 2 aromatic rings. The fraction of sp³-hybridized carbons (Fsp3) is 0.222. The maximum Gasteiger partial charge on any atom is 0.123 e. The topological polar surface area (TPSA) is 29.5 Å². The van der Waals surface area contributed by atoms with E-state index in [1.165, 1.54) is 12.1 Å². The highest BCUT2D eigenvalue weighted by atomic mass is 19.1. The lowest BCUT2D eigenvalue weighted by Gasteiger charge is -2.11. The third-order valence-corrected chi connectivity index (χ3v) is 3.11. The van der Waals surface area contributed by atoms with Gasteiger partial charge in [-0.25, -0.2) is 4.39 Å². The summed E-state index contributed by atoms with van der Waals surface area (Å²) in [4.78, 5) is 0. The van der Waals surface area contributed by atoms with Crippen LogP contribution in [0.4, 0.5) is 4.39 Å². The number of halogens is 1. The van der Waals surface area contributed by atoms with Gasteiger partial charge >= 0.3 is 0 Å². The Morgan fingerprint density at radius 2 is 1.86 bits per heavy atom. The van der Waals surface area contributed by atoms with Crippen molar-refractivity contribution in [3.05, 3.63) is 77.6 Å². The molecule has 0 bridgehead atoms. The van der Waals surface area contributed by atoms with Crippen molar-refractivity contribution in [3.63, 3.8) is 0 Å². The average Bonchev–Trinajstić information content (AvgIpc) is 2.52. The second-order valence-corrected chi connectivity index (χ2v) is 4.72. The minimum absolute atomic E-state index is 0.0283. The number of benzene rings is 2. The predicted molar refractivity (Wildman–Crippen MR) is 81.7 cm³/mol. The van der Waals surface area contributed by atoms with Crippen LogP contribution in [-0.2, 0) is 13.0 Å². The first-order chi connectivity index (χ1) is 10.3. The van der Waals surface area contributed by atoms with E-state index in [1.807, 2.05) is 36.4 Å². The quantitative estimate of drug-likeness (QED) is 0.783. The molecule has 0 aromatic heterocycles. The van der Waals surface area contributed by atoms with Gasteiger partial charge in [-0.15, -0.1) is 0 Å². The Balaban J connectivity index is 2.02. The number of allylic oxidation sites excluding steroid dienone is 1. The zero-order valence-electron chi connectivity index (χ0n) is 11.8. The molecule has 0 aliphatic rings. The fourth-order valence-electron chi connectivity index (χ4n) is 2.05. The van der Waals surface area contributed by atoms with E-state index in [-0.39, 0.29) is 12.4 Å². The standard InChI is InChI=1S/C18H19FO2/c19-17-10-11-18(16(13-17)9-5-2-6-12-20)21-14-15-7-3-1-4-8-15/h1-4,6-8,10-11,13,20H,5,9,12,14H2/b6-2-. The molecule has 0 unspecified atom stereocenters. The van der Waals surface area contributed by atoms with E-state index in [9.17, 15) is 4.39 Å².